The van der Waals surface area contributed by atoms with Crippen LogP contribution in [0.1, 0.15) is 44.4 Å². The summed E-state index contributed by atoms with van der Waals surface area (Å²) < 4.78 is 6.01. The Morgan fingerprint density at radius 1 is 1.22 bits per heavy atom. The van der Waals surface area contributed by atoms with Crippen molar-refractivity contribution in [2.75, 3.05) is 11.9 Å². The van der Waals surface area contributed by atoms with Gasteiger partial charge in [-0.2, -0.15) is 0 Å². The molecule has 0 saturated heterocycles. The predicted molar refractivity (Wildman–Crippen MR) is 91.7 cm³/mol. The van der Waals surface area contributed by atoms with Crippen LogP contribution in [-0.4, -0.2) is 21.5 Å². The van der Waals surface area contributed by atoms with Crippen molar-refractivity contribution < 1.29 is 4.42 Å². The van der Waals surface area contributed by atoms with Crippen molar-refractivity contribution in [1.82, 2.24) is 15.0 Å². The first kappa shape index (κ1) is 14.4. The number of hydrogen-bond acceptors (Lipinski definition) is 5. The third-order valence-corrected chi connectivity index (χ3v) is 4.54. The van der Waals surface area contributed by atoms with Crippen molar-refractivity contribution in [3.63, 3.8) is 0 Å². The van der Waals surface area contributed by atoms with Gasteiger partial charge in [-0.05, 0) is 49.7 Å². The molecular weight excluding hydrogens is 288 g/mol. The molecule has 0 spiro atoms. The topological polar surface area (TPSA) is 63.8 Å². The highest BCUT2D eigenvalue weighted by molar-refractivity contribution is 6.04. The number of nitrogens with one attached hydrogen (secondary N) is 1. The number of anilines is 1. The van der Waals surface area contributed by atoms with E-state index >= 15 is 0 Å². The summed E-state index contributed by atoms with van der Waals surface area (Å²) in [5, 5.41) is 4.39. The van der Waals surface area contributed by atoms with E-state index in [9.17, 15) is 0 Å². The van der Waals surface area contributed by atoms with Crippen molar-refractivity contribution >= 4 is 28.0 Å². The summed E-state index contributed by atoms with van der Waals surface area (Å²) in [6, 6.07) is 2.22. The fourth-order valence-corrected chi connectivity index (χ4v) is 3.23. The molecule has 120 valence electrons. The zero-order chi connectivity index (χ0) is 15.8. The van der Waals surface area contributed by atoms with Crippen molar-refractivity contribution in [3.8, 4) is 0 Å². The number of nitrogens with zero attached hydrogens (tertiary/aromatic N) is 3. The van der Waals surface area contributed by atoms with Gasteiger partial charge < -0.3 is 9.73 Å². The zero-order valence-corrected chi connectivity index (χ0v) is 13.7. The normalized spacial score (nSPS) is 14.6. The van der Waals surface area contributed by atoms with Crippen molar-refractivity contribution in [1.29, 1.82) is 0 Å². The molecule has 5 nitrogen and oxygen atoms in total. The molecule has 0 amide bonds. The maximum atomic E-state index is 6.01. The number of fused-ring (bicyclic) bond motifs is 4. The molecule has 0 radical (unpaired) electrons. The molecule has 4 rings (SSSR count). The highest BCUT2D eigenvalue weighted by atomic mass is 16.3. The molecular formula is C18H22N4O. The van der Waals surface area contributed by atoms with E-state index in [-0.39, 0.29) is 0 Å². The summed E-state index contributed by atoms with van der Waals surface area (Å²) in [5.41, 5.74) is 4.81. The lowest BCUT2D eigenvalue weighted by Crippen LogP contribution is -2.06. The third-order valence-electron chi connectivity index (χ3n) is 4.54. The molecule has 3 heterocycles. The lowest BCUT2D eigenvalue weighted by Gasteiger charge is -2.13. The maximum Gasteiger partial charge on any atom is 0.229 e. The second kappa shape index (κ2) is 5.80. The fourth-order valence-electron chi connectivity index (χ4n) is 3.23. The van der Waals surface area contributed by atoms with Crippen LogP contribution in [-0.2, 0) is 12.8 Å². The van der Waals surface area contributed by atoms with Gasteiger partial charge in [-0.15, -0.1) is 0 Å². The van der Waals surface area contributed by atoms with Crippen LogP contribution in [0.15, 0.2) is 16.8 Å². The number of furan rings is 1. The molecule has 0 bridgehead atoms. The van der Waals surface area contributed by atoms with Gasteiger partial charge in [0.1, 0.15) is 11.8 Å². The predicted octanol–water partition coefficient (Wildman–Crippen LogP) is 4.11. The molecule has 1 N–H and O–H groups in total. The van der Waals surface area contributed by atoms with Crippen LogP contribution in [0, 0.1) is 5.92 Å². The van der Waals surface area contributed by atoms with Gasteiger partial charge in [0.05, 0.1) is 5.39 Å². The first-order valence-corrected chi connectivity index (χ1v) is 8.52. The lowest BCUT2D eigenvalue weighted by atomic mass is 9.95. The van der Waals surface area contributed by atoms with Gasteiger partial charge in [-0.3, -0.25) is 0 Å². The average Bonchev–Trinajstić information content (AvgIpc) is 2.91. The molecule has 5 heteroatoms. The maximum absolute atomic E-state index is 6.01. The van der Waals surface area contributed by atoms with E-state index in [0.717, 1.165) is 48.1 Å². The number of aromatic nitrogens is 3. The largest absolute Gasteiger partial charge is 0.432 e. The Morgan fingerprint density at radius 3 is 2.96 bits per heavy atom. The van der Waals surface area contributed by atoms with Gasteiger partial charge in [0, 0.05) is 12.2 Å². The quantitative estimate of drug-likeness (QED) is 0.785. The minimum absolute atomic E-state index is 0.656. The molecule has 0 fully saturated rings. The molecule has 0 aromatic carbocycles. The summed E-state index contributed by atoms with van der Waals surface area (Å²) in [6.45, 7) is 5.31. The van der Waals surface area contributed by atoms with E-state index in [1.54, 1.807) is 6.33 Å². The van der Waals surface area contributed by atoms with Crippen molar-refractivity contribution in [3.05, 3.63) is 23.7 Å². The van der Waals surface area contributed by atoms with Crippen molar-refractivity contribution in [2.45, 2.75) is 46.0 Å². The first-order valence-electron chi connectivity index (χ1n) is 8.52. The zero-order valence-electron chi connectivity index (χ0n) is 13.7. The Morgan fingerprint density at radius 2 is 2.09 bits per heavy atom. The minimum Gasteiger partial charge on any atom is -0.432 e. The van der Waals surface area contributed by atoms with Crippen molar-refractivity contribution in [2.24, 2.45) is 5.92 Å². The van der Waals surface area contributed by atoms with Crippen LogP contribution in [0.5, 0.6) is 0 Å². The Balaban J connectivity index is 1.78. The van der Waals surface area contributed by atoms with Gasteiger partial charge >= 0.3 is 0 Å². The van der Waals surface area contributed by atoms with Crippen LogP contribution in [0.25, 0.3) is 22.2 Å². The van der Waals surface area contributed by atoms with Gasteiger partial charge in [-0.25, -0.2) is 15.0 Å². The highest BCUT2D eigenvalue weighted by Crippen LogP contribution is 2.32. The van der Waals surface area contributed by atoms with Crippen LogP contribution >= 0.6 is 0 Å². The Hall–Kier alpha value is -2.17. The number of hydrogen-bond donors (Lipinski definition) is 1. The van der Waals surface area contributed by atoms with Crippen LogP contribution in [0.4, 0.5) is 5.82 Å². The Kier molecular flexibility index (Phi) is 3.63. The van der Waals surface area contributed by atoms with E-state index in [0.29, 0.717) is 11.6 Å². The van der Waals surface area contributed by atoms with E-state index in [1.165, 1.54) is 24.1 Å². The molecule has 0 saturated carbocycles. The number of rotatable bonds is 4. The van der Waals surface area contributed by atoms with Gasteiger partial charge in [0.25, 0.3) is 0 Å². The van der Waals surface area contributed by atoms with Gasteiger partial charge in [-0.1, -0.05) is 13.8 Å². The molecule has 23 heavy (non-hydrogen) atoms. The summed E-state index contributed by atoms with van der Waals surface area (Å²) >= 11 is 0. The molecule has 3 aromatic rings. The van der Waals surface area contributed by atoms with E-state index in [4.69, 9.17) is 9.40 Å². The molecule has 1 aliphatic rings. The van der Waals surface area contributed by atoms with Crippen LogP contribution < -0.4 is 5.32 Å². The summed E-state index contributed by atoms with van der Waals surface area (Å²) in [4.78, 5) is 13.5. The monoisotopic (exact) mass is 310 g/mol. The third kappa shape index (κ3) is 2.64. The smallest absolute Gasteiger partial charge is 0.229 e. The van der Waals surface area contributed by atoms with Gasteiger partial charge in [0.2, 0.25) is 5.71 Å². The van der Waals surface area contributed by atoms with Crippen LogP contribution in [0.2, 0.25) is 0 Å². The highest BCUT2D eigenvalue weighted by Gasteiger charge is 2.18. The number of pyridine rings is 1. The second-order valence-corrected chi connectivity index (χ2v) is 6.77. The average molecular weight is 310 g/mol. The summed E-state index contributed by atoms with van der Waals surface area (Å²) in [6.07, 6.45) is 7.32. The fraction of sp³-hybridized carbons (Fsp3) is 0.500. The molecule has 0 atom stereocenters. The number of aryl methyl sites for hydroxylation is 2. The Labute approximate surface area is 135 Å². The Bertz CT molecular complexity index is 853. The van der Waals surface area contributed by atoms with Gasteiger partial charge in [0.15, 0.2) is 11.4 Å². The first-order chi connectivity index (χ1) is 11.2. The summed E-state index contributed by atoms with van der Waals surface area (Å²) in [5.74, 6) is 1.43. The molecule has 3 aromatic heterocycles. The second-order valence-electron chi connectivity index (χ2n) is 6.77. The lowest BCUT2D eigenvalue weighted by molar-refractivity contribution is 0.604. The van der Waals surface area contributed by atoms with E-state index in [1.807, 2.05) is 0 Å². The standard InChI is InChI=1S/C18H22N4O/c1-11(2)7-8-19-17-16-15(20-10-21-17)13-9-12-5-3-4-6-14(12)22-18(13)23-16/h9-11H,3-8H2,1-2H3,(H,19,20,21). The molecule has 0 aliphatic heterocycles. The SMILES string of the molecule is CC(C)CCNc1ncnc2c1oc1nc3c(cc12)CCCC3. The molecule has 1 aliphatic carbocycles. The van der Waals surface area contributed by atoms with E-state index < -0.39 is 0 Å². The van der Waals surface area contributed by atoms with E-state index in [2.05, 4.69) is 35.2 Å². The molecule has 0 unspecified atom stereocenters. The summed E-state index contributed by atoms with van der Waals surface area (Å²) in [7, 11) is 0. The minimum atomic E-state index is 0.656. The van der Waals surface area contributed by atoms with Crippen LogP contribution in [0.3, 0.4) is 0 Å².